The fourth-order valence-electron chi connectivity index (χ4n) is 2.26. The SMILES string of the molecule is COc1ccc(S(=O)(=O)NC2CNCC(C(=O)O)C2)cc1. The lowest BCUT2D eigenvalue weighted by molar-refractivity contribution is -0.142. The molecule has 1 fully saturated rings. The number of carbonyl (C=O) groups is 1. The van der Waals surface area contributed by atoms with Crippen LogP contribution in [0.1, 0.15) is 6.42 Å². The molecule has 1 aliphatic heterocycles. The smallest absolute Gasteiger partial charge is 0.307 e. The molecule has 116 valence electrons. The average molecular weight is 314 g/mol. The van der Waals surface area contributed by atoms with Crippen LogP contribution in [0, 0.1) is 5.92 Å². The van der Waals surface area contributed by atoms with Crippen LogP contribution in [0.4, 0.5) is 0 Å². The number of sulfonamides is 1. The Hall–Kier alpha value is -1.64. The maximum atomic E-state index is 12.2. The topological polar surface area (TPSA) is 105 Å². The molecule has 2 unspecified atom stereocenters. The maximum absolute atomic E-state index is 12.2. The van der Waals surface area contributed by atoms with Crippen LogP contribution in [-0.2, 0) is 14.8 Å². The average Bonchev–Trinajstić information content (AvgIpc) is 2.47. The van der Waals surface area contributed by atoms with Crippen LogP contribution in [0.15, 0.2) is 29.2 Å². The van der Waals surface area contributed by atoms with Gasteiger partial charge in [0.2, 0.25) is 10.0 Å². The lowest BCUT2D eigenvalue weighted by Gasteiger charge is -2.28. The molecule has 7 nitrogen and oxygen atoms in total. The molecule has 1 aromatic carbocycles. The Morgan fingerprint density at radius 3 is 2.57 bits per heavy atom. The quantitative estimate of drug-likeness (QED) is 0.708. The molecule has 1 aliphatic rings. The Bertz CT molecular complexity index is 599. The van der Waals surface area contributed by atoms with Crippen LogP contribution in [0.5, 0.6) is 5.75 Å². The van der Waals surface area contributed by atoms with Crippen LogP contribution in [0.25, 0.3) is 0 Å². The molecule has 3 N–H and O–H groups in total. The third-order valence-corrected chi connectivity index (χ3v) is 4.93. The van der Waals surface area contributed by atoms with E-state index in [4.69, 9.17) is 9.84 Å². The van der Waals surface area contributed by atoms with Gasteiger partial charge in [0.15, 0.2) is 0 Å². The van der Waals surface area contributed by atoms with Gasteiger partial charge in [-0.3, -0.25) is 4.79 Å². The maximum Gasteiger partial charge on any atom is 0.307 e. The van der Waals surface area contributed by atoms with Crippen molar-refractivity contribution in [1.29, 1.82) is 0 Å². The van der Waals surface area contributed by atoms with Crippen molar-refractivity contribution < 1.29 is 23.1 Å². The zero-order chi connectivity index (χ0) is 15.5. The summed E-state index contributed by atoms with van der Waals surface area (Å²) in [5, 5.41) is 11.9. The van der Waals surface area contributed by atoms with Crippen molar-refractivity contribution >= 4 is 16.0 Å². The lowest BCUT2D eigenvalue weighted by Crippen LogP contribution is -2.50. The molecule has 0 spiro atoms. The highest BCUT2D eigenvalue weighted by Crippen LogP contribution is 2.17. The molecular weight excluding hydrogens is 296 g/mol. The van der Waals surface area contributed by atoms with Gasteiger partial charge in [0, 0.05) is 19.1 Å². The number of benzene rings is 1. The summed E-state index contributed by atoms with van der Waals surface area (Å²) in [6.07, 6.45) is 0.276. The van der Waals surface area contributed by atoms with Gasteiger partial charge < -0.3 is 15.2 Å². The van der Waals surface area contributed by atoms with Gasteiger partial charge in [-0.25, -0.2) is 13.1 Å². The van der Waals surface area contributed by atoms with E-state index in [1.807, 2.05) is 0 Å². The number of hydrogen-bond donors (Lipinski definition) is 3. The molecule has 1 heterocycles. The van der Waals surface area contributed by atoms with Gasteiger partial charge in [-0.2, -0.15) is 0 Å². The molecule has 2 atom stereocenters. The second kappa shape index (κ2) is 6.42. The Balaban J connectivity index is 2.07. The van der Waals surface area contributed by atoms with Crippen molar-refractivity contribution in [1.82, 2.24) is 10.0 Å². The highest BCUT2D eigenvalue weighted by Gasteiger charge is 2.29. The Morgan fingerprint density at radius 1 is 1.33 bits per heavy atom. The molecule has 1 aromatic rings. The van der Waals surface area contributed by atoms with Gasteiger partial charge in [-0.05, 0) is 30.7 Å². The predicted molar refractivity (Wildman–Crippen MR) is 75.7 cm³/mol. The second-order valence-electron chi connectivity index (χ2n) is 4.92. The summed E-state index contributed by atoms with van der Waals surface area (Å²) in [4.78, 5) is 11.1. The van der Waals surface area contributed by atoms with Gasteiger partial charge in [0.05, 0.1) is 17.9 Å². The monoisotopic (exact) mass is 314 g/mol. The number of rotatable bonds is 5. The van der Waals surface area contributed by atoms with Crippen LogP contribution in [-0.4, -0.2) is 45.7 Å². The summed E-state index contributed by atoms with van der Waals surface area (Å²) in [6.45, 7) is 0.773. The van der Waals surface area contributed by atoms with E-state index in [1.54, 1.807) is 12.1 Å². The lowest BCUT2D eigenvalue weighted by atomic mass is 9.97. The zero-order valence-electron chi connectivity index (χ0n) is 11.6. The molecule has 0 aromatic heterocycles. The second-order valence-corrected chi connectivity index (χ2v) is 6.64. The first-order valence-corrected chi connectivity index (χ1v) is 8.00. The van der Waals surface area contributed by atoms with Crippen LogP contribution < -0.4 is 14.8 Å². The largest absolute Gasteiger partial charge is 0.497 e. The number of hydrogen-bond acceptors (Lipinski definition) is 5. The van der Waals surface area contributed by atoms with E-state index in [9.17, 15) is 13.2 Å². The van der Waals surface area contributed by atoms with Crippen molar-refractivity contribution in [2.45, 2.75) is 17.4 Å². The van der Waals surface area contributed by atoms with Crippen molar-refractivity contribution in [2.75, 3.05) is 20.2 Å². The molecule has 2 rings (SSSR count). The molecule has 0 saturated carbocycles. The first-order chi connectivity index (χ1) is 9.92. The molecule has 0 bridgehead atoms. The molecule has 0 radical (unpaired) electrons. The van der Waals surface area contributed by atoms with E-state index >= 15 is 0 Å². The summed E-state index contributed by atoms with van der Waals surface area (Å²) >= 11 is 0. The minimum absolute atomic E-state index is 0.126. The van der Waals surface area contributed by atoms with Crippen LogP contribution in [0.3, 0.4) is 0 Å². The Kier molecular flexibility index (Phi) is 4.81. The third kappa shape index (κ3) is 3.93. The number of nitrogens with one attached hydrogen (secondary N) is 2. The van der Waals surface area contributed by atoms with Crippen molar-refractivity contribution in [3.05, 3.63) is 24.3 Å². The van der Waals surface area contributed by atoms with Crippen LogP contribution in [0.2, 0.25) is 0 Å². The molecule has 8 heteroatoms. The molecule has 1 saturated heterocycles. The summed E-state index contributed by atoms with van der Waals surface area (Å²) in [7, 11) is -2.17. The van der Waals surface area contributed by atoms with Gasteiger partial charge in [-0.15, -0.1) is 0 Å². The fraction of sp³-hybridized carbons (Fsp3) is 0.462. The molecular formula is C13H18N2O5S. The Morgan fingerprint density at radius 2 is 2.00 bits per heavy atom. The number of methoxy groups -OCH3 is 1. The van der Waals surface area contributed by atoms with Gasteiger partial charge in [0.25, 0.3) is 0 Å². The van der Waals surface area contributed by atoms with E-state index in [0.717, 1.165) is 0 Å². The number of ether oxygens (including phenoxy) is 1. The van der Waals surface area contributed by atoms with E-state index in [-0.39, 0.29) is 11.3 Å². The van der Waals surface area contributed by atoms with Crippen molar-refractivity contribution in [2.24, 2.45) is 5.92 Å². The number of carboxylic acid groups (broad SMARTS) is 1. The first-order valence-electron chi connectivity index (χ1n) is 6.52. The van der Waals surface area contributed by atoms with E-state index in [1.165, 1.54) is 19.2 Å². The van der Waals surface area contributed by atoms with Gasteiger partial charge in [0.1, 0.15) is 5.75 Å². The highest BCUT2D eigenvalue weighted by atomic mass is 32.2. The normalized spacial score (nSPS) is 22.7. The fourth-order valence-corrected chi connectivity index (χ4v) is 3.51. The Labute approximate surface area is 123 Å². The standard InChI is InChI=1S/C13H18N2O5S/c1-20-11-2-4-12(5-3-11)21(18,19)15-10-6-9(13(16)17)7-14-8-10/h2-5,9-10,14-15H,6-8H2,1H3,(H,16,17). The molecule has 21 heavy (non-hydrogen) atoms. The number of aliphatic carboxylic acids is 1. The summed E-state index contributed by atoms with van der Waals surface area (Å²) in [5.41, 5.74) is 0. The number of carboxylic acids is 1. The minimum Gasteiger partial charge on any atom is -0.497 e. The molecule has 0 amide bonds. The van der Waals surface area contributed by atoms with E-state index < -0.39 is 28.0 Å². The van der Waals surface area contributed by atoms with Gasteiger partial charge >= 0.3 is 5.97 Å². The minimum atomic E-state index is -3.67. The summed E-state index contributed by atoms with van der Waals surface area (Å²) in [6, 6.07) is 5.59. The van der Waals surface area contributed by atoms with Crippen molar-refractivity contribution in [3.63, 3.8) is 0 Å². The van der Waals surface area contributed by atoms with Crippen molar-refractivity contribution in [3.8, 4) is 5.75 Å². The zero-order valence-corrected chi connectivity index (χ0v) is 12.4. The van der Waals surface area contributed by atoms with E-state index in [2.05, 4.69) is 10.0 Å². The third-order valence-electron chi connectivity index (χ3n) is 3.39. The number of piperidine rings is 1. The summed E-state index contributed by atoms with van der Waals surface area (Å²) in [5.74, 6) is -0.933. The first kappa shape index (κ1) is 15.7. The molecule has 0 aliphatic carbocycles. The highest BCUT2D eigenvalue weighted by molar-refractivity contribution is 7.89. The van der Waals surface area contributed by atoms with E-state index in [0.29, 0.717) is 18.8 Å². The predicted octanol–water partition coefficient (Wildman–Crippen LogP) is 0.0362. The van der Waals surface area contributed by atoms with Crippen LogP contribution >= 0.6 is 0 Å². The summed E-state index contributed by atoms with van der Waals surface area (Å²) < 4.78 is 32.0. The van der Waals surface area contributed by atoms with Gasteiger partial charge in [-0.1, -0.05) is 0 Å².